The Bertz CT molecular complexity index is 1040. The Morgan fingerprint density at radius 1 is 1.18 bits per heavy atom. The van der Waals surface area contributed by atoms with Gasteiger partial charge in [-0.3, -0.25) is 0 Å². The van der Waals surface area contributed by atoms with Crippen LogP contribution in [0.15, 0.2) is 30.5 Å². The lowest BCUT2D eigenvalue weighted by Crippen LogP contribution is -2.34. The Hall–Kier alpha value is -2.10. The maximum absolute atomic E-state index is 13.7. The van der Waals surface area contributed by atoms with Gasteiger partial charge in [0.1, 0.15) is 41.7 Å². The molecule has 0 bridgehead atoms. The van der Waals surface area contributed by atoms with E-state index in [0.717, 1.165) is 17.1 Å². The lowest BCUT2D eigenvalue weighted by atomic mass is 9.99. The number of aromatic nitrogens is 3. The van der Waals surface area contributed by atoms with Gasteiger partial charge in [-0.2, -0.15) is 0 Å². The van der Waals surface area contributed by atoms with Crippen LogP contribution in [0.4, 0.5) is 4.39 Å². The van der Waals surface area contributed by atoms with Gasteiger partial charge in [-0.1, -0.05) is 17.7 Å². The SMILES string of the molecule is Cc1nc(C)c2ccn(C3OC(C(O)c4ccc(Cl)c(F)c4)C(O)C3O)c2n1. The van der Waals surface area contributed by atoms with Crippen molar-refractivity contribution in [2.75, 3.05) is 0 Å². The number of aliphatic hydroxyl groups is 3. The minimum Gasteiger partial charge on any atom is -0.387 e. The molecular weight excluding hydrogens is 389 g/mol. The molecule has 3 heterocycles. The number of halogens is 2. The number of aryl methyl sites for hydroxylation is 2. The number of ether oxygens (including phenoxy) is 1. The zero-order valence-corrected chi connectivity index (χ0v) is 15.9. The van der Waals surface area contributed by atoms with Crippen LogP contribution in [-0.2, 0) is 4.74 Å². The molecule has 0 radical (unpaired) electrons. The second kappa shape index (κ2) is 7.06. The summed E-state index contributed by atoms with van der Waals surface area (Å²) in [6.07, 6.45) is -4.52. The van der Waals surface area contributed by atoms with Gasteiger partial charge in [-0.05, 0) is 37.6 Å². The maximum atomic E-state index is 13.7. The molecule has 1 aromatic carbocycles. The molecule has 3 N–H and O–H groups in total. The number of aliphatic hydroxyl groups excluding tert-OH is 3. The van der Waals surface area contributed by atoms with Crippen LogP contribution in [0.25, 0.3) is 11.0 Å². The van der Waals surface area contributed by atoms with Crippen LogP contribution in [0.5, 0.6) is 0 Å². The minimum absolute atomic E-state index is 0.0778. The highest BCUT2D eigenvalue weighted by Gasteiger charge is 2.47. The molecule has 0 amide bonds. The highest BCUT2D eigenvalue weighted by Crippen LogP contribution is 2.38. The predicted molar refractivity (Wildman–Crippen MR) is 99.3 cm³/mol. The summed E-state index contributed by atoms with van der Waals surface area (Å²) in [5.74, 6) is -0.131. The summed E-state index contributed by atoms with van der Waals surface area (Å²) in [7, 11) is 0. The van der Waals surface area contributed by atoms with E-state index in [2.05, 4.69) is 9.97 Å². The highest BCUT2D eigenvalue weighted by atomic mass is 35.5. The zero-order chi connectivity index (χ0) is 20.2. The first-order chi connectivity index (χ1) is 13.3. The molecule has 2 aromatic heterocycles. The molecule has 5 atom stereocenters. The van der Waals surface area contributed by atoms with Gasteiger partial charge in [0.15, 0.2) is 6.23 Å². The quantitative estimate of drug-likeness (QED) is 0.615. The molecule has 1 aliphatic rings. The Kier molecular flexibility index (Phi) is 4.84. The predicted octanol–water partition coefficient (Wildman–Crippen LogP) is 2.19. The Morgan fingerprint density at radius 2 is 1.93 bits per heavy atom. The van der Waals surface area contributed by atoms with E-state index in [9.17, 15) is 19.7 Å². The first-order valence-electron chi connectivity index (χ1n) is 8.74. The first-order valence-corrected chi connectivity index (χ1v) is 9.12. The summed E-state index contributed by atoms with van der Waals surface area (Å²) < 4.78 is 21.1. The van der Waals surface area contributed by atoms with Gasteiger partial charge in [0.25, 0.3) is 0 Å². The topological polar surface area (TPSA) is 101 Å². The van der Waals surface area contributed by atoms with Gasteiger partial charge in [0, 0.05) is 11.6 Å². The fourth-order valence-corrected chi connectivity index (χ4v) is 3.71. The largest absolute Gasteiger partial charge is 0.387 e. The Balaban J connectivity index is 1.67. The van der Waals surface area contributed by atoms with Crippen LogP contribution in [0, 0.1) is 19.7 Å². The highest BCUT2D eigenvalue weighted by molar-refractivity contribution is 6.30. The zero-order valence-electron chi connectivity index (χ0n) is 15.1. The van der Waals surface area contributed by atoms with E-state index in [4.69, 9.17) is 16.3 Å². The number of fused-ring (bicyclic) bond motifs is 1. The molecule has 0 spiro atoms. The summed E-state index contributed by atoms with van der Waals surface area (Å²) in [6.45, 7) is 3.61. The van der Waals surface area contributed by atoms with E-state index in [0.29, 0.717) is 11.5 Å². The maximum Gasteiger partial charge on any atom is 0.164 e. The molecule has 9 heteroatoms. The molecule has 1 fully saturated rings. The van der Waals surface area contributed by atoms with Crippen molar-refractivity contribution in [2.45, 2.75) is 44.5 Å². The lowest BCUT2D eigenvalue weighted by molar-refractivity contribution is -0.0849. The van der Waals surface area contributed by atoms with E-state index in [-0.39, 0.29) is 10.6 Å². The van der Waals surface area contributed by atoms with Gasteiger partial charge >= 0.3 is 0 Å². The second-order valence-corrected chi connectivity index (χ2v) is 7.31. The summed E-state index contributed by atoms with van der Waals surface area (Å²) in [5.41, 5.74) is 1.52. The van der Waals surface area contributed by atoms with Crippen molar-refractivity contribution >= 4 is 22.6 Å². The van der Waals surface area contributed by atoms with Gasteiger partial charge in [0.05, 0.1) is 10.7 Å². The molecule has 4 rings (SSSR count). The van der Waals surface area contributed by atoms with Crippen LogP contribution in [0.2, 0.25) is 5.02 Å². The summed E-state index contributed by atoms with van der Waals surface area (Å²) in [4.78, 5) is 8.71. The molecule has 0 saturated carbocycles. The third kappa shape index (κ3) is 3.07. The summed E-state index contributed by atoms with van der Waals surface area (Å²) in [6, 6.07) is 5.63. The van der Waals surface area contributed by atoms with Crippen molar-refractivity contribution in [3.8, 4) is 0 Å². The smallest absolute Gasteiger partial charge is 0.164 e. The van der Waals surface area contributed by atoms with E-state index in [1.54, 1.807) is 23.8 Å². The van der Waals surface area contributed by atoms with Crippen molar-refractivity contribution in [1.82, 2.24) is 14.5 Å². The standard InChI is InChI=1S/C19H19ClFN3O4/c1-8-11-5-6-24(18(11)23-9(2)22-8)19-16(27)15(26)17(28-19)14(25)10-3-4-12(20)13(21)7-10/h3-7,14-17,19,25-27H,1-2H3. The molecule has 0 aliphatic carbocycles. The Morgan fingerprint density at radius 3 is 2.64 bits per heavy atom. The number of hydrogen-bond donors (Lipinski definition) is 3. The van der Waals surface area contributed by atoms with Crippen molar-refractivity contribution in [2.24, 2.45) is 0 Å². The molecular formula is C19H19ClFN3O4. The van der Waals surface area contributed by atoms with Crippen LogP contribution >= 0.6 is 11.6 Å². The first kappa shape index (κ1) is 19.2. The van der Waals surface area contributed by atoms with Crippen molar-refractivity contribution in [3.05, 3.63) is 58.4 Å². The normalized spacial score (nSPS) is 26.1. The van der Waals surface area contributed by atoms with Crippen LogP contribution in [0.3, 0.4) is 0 Å². The lowest BCUT2D eigenvalue weighted by Gasteiger charge is -2.21. The number of nitrogens with zero attached hydrogens (tertiary/aromatic N) is 3. The number of benzene rings is 1. The molecule has 5 unspecified atom stereocenters. The molecule has 1 saturated heterocycles. The van der Waals surface area contributed by atoms with Crippen molar-refractivity contribution in [3.63, 3.8) is 0 Å². The molecule has 7 nitrogen and oxygen atoms in total. The van der Waals surface area contributed by atoms with E-state index < -0.39 is 36.5 Å². The van der Waals surface area contributed by atoms with Crippen molar-refractivity contribution in [1.29, 1.82) is 0 Å². The van der Waals surface area contributed by atoms with Gasteiger partial charge in [0.2, 0.25) is 0 Å². The fourth-order valence-electron chi connectivity index (χ4n) is 3.59. The number of hydrogen-bond acceptors (Lipinski definition) is 6. The van der Waals surface area contributed by atoms with Crippen LogP contribution in [0.1, 0.15) is 29.4 Å². The third-order valence-electron chi connectivity index (χ3n) is 5.02. The van der Waals surface area contributed by atoms with E-state index >= 15 is 0 Å². The number of rotatable bonds is 3. The second-order valence-electron chi connectivity index (χ2n) is 6.91. The van der Waals surface area contributed by atoms with Crippen LogP contribution in [-0.4, -0.2) is 48.2 Å². The molecule has 148 valence electrons. The van der Waals surface area contributed by atoms with E-state index in [1.165, 1.54) is 12.1 Å². The van der Waals surface area contributed by atoms with Gasteiger partial charge < -0.3 is 24.6 Å². The Labute approximate surface area is 165 Å². The summed E-state index contributed by atoms with van der Waals surface area (Å²) in [5, 5.41) is 32.3. The van der Waals surface area contributed by atoms with Gasteiger partial charge in [-0.25, -0.2) is 14.4 Å². The average molecular weight is 408 g/mol. The minimum atomic E-state index is -1.39. The van der Waals surface area contributed by atoms with Crippen LogP contribution < -0.4 is 0 Å². The van der Waals surface area contributed by atoms with Gasteiger partial charge in [-0.15, -0.1) is 0 Å². The summed E-state index contributed by atoms with van der Waals surface area (Å²) >= 11 is 5.68. The average Bonchev–Trinajstić information content (AvgIpc) is 3.19. The monoisotopic (exact) mass is 407 g/mol. The molecule has 1 aliphatic heterocycles. The molecule has 3 aromatic rings. The third-order valence-corrected chi connectivity index (χ3v) is 5.33. The van der Waals surface area contributed by atoms with E-state index in [1.807, 2.05) is 6.92 Å². The van der Waals surface area contributed by atoms with Crippen molar-refractivity contribution < 1.29 is 24.4 Å². The molecule has 28 heavy (non-hydrogen) atoms. The fraction of sp³-hybridized carbons (Fsp3) is 0.368.